The van der Waals surface area contributed by atoms with E-state index in [1.54, 1.807) is 0 Å². The molecule has 0 bridgehead atoms. The van der Waals surface area contributed by atoms with Crippen molar-refractivity contribution < 1.29 is 26.7 Å². The molecule has 0 aliphatic heterocycles. The fourth-order valence-corrected chi connectivity index (χ4v) is 1.67. The molecule has 1 aromatic carbocycles. The Morgan fingerprint density at radius 2 is 1.53 bits per heavy atom. The predicted molar refractivity (Wildman–Crippen MR) is 49.7 cm³/mol. The van der Waals surface area contributed by atoms with Gasteiger partial charge in [-0.05, 0) is 17.7 Å². The topological polar surface area (TPSA) is 9.23 Å². The van der Waals surface area contributed by atoms with E-state index in [4.69, 9.17) is 0 Å². The number of ether oxygens (including phenoxy) is 1. The van der Waals surface area contributed by atoms with E-state index in [2.05, 4.69) is 4.74 Å². The second-order valence-corrected chi connectivity index (χ2v) is 3.89. The molecule has 6 heteroatoms. The molecule has 2 rings (SSSR count). The molecule has 0 aromatic heterocycles. The first kappa shape index (κ1) is 12.1. The quantitative estimate of drug-likeness (QED) is 0.723. The predicted octanol–water partition coefficient (Wildman–Crippen LogP) is 3.94. The Morgan fingerprint density at radius 1 is 1.00 bits per heavy atom. The van der Waals surface area contributed by atoms with E-state index in [1.807, 2.05) is 0 Å². The van der Waals surface area contributed by atoms with Crippen molar-refractivity contribution in [2.24, 2.45) is 0 Å². The van der Waals surface area contributed by atoms with Crippen LogP contribution in [0.3, 0.4) is 0 Å². The van der Waals surface area contributed by atoms with Gasteiger partial charge in [0.2, 0.25) is 5.92 Å². The van der Waals surface area contributed by atoms with Crippen LogP contribution in [0.4, 0.5) is 22.0 Å². The molecular weight excluding hydrogens is 243 g/mol. The van der Waals surface area contributed by atoms with Gasteiger partial charge in [-0.3, -0.25) is 0 Å². The number of benzene rings is 1. The van der Waals surface area contributed by atoms with Crippen molar-refractivity contribution in [1.82, 2.24) is 0 Å². The minimum atomic E-state index is -4.74. The summed E-state index contributed by atoms with van der Waals surface area (Å²) >= 11 is 0. The molecule has 1 fully saturated rings. The van der Waals surface area contributed by atoms with Gasteiger partial charge in [-0.1, -0.05) is 12.1 Å². The molecule has 0 unspecified atom stereocenters. The minimum Gasteiger partial charge on any atom is -0.406 e. The van der Waals surface area contributed by atoms with E-state index < -0.39 is 12.3 Å². The van der Waals surface area contributed by atoms with Crippen molar-refractivity contribution >= 4 is 0 Å². The highest BCUT2D eigenvalue weighted by Gasteiger charge is 2.46. The van der Waals surface area contributed by atoms with Gasteiger partial charge in [-0.2, -0.15) is 0 Å². The maximum atomic E-state index is 12.6. The van der Waals surface area contributed by atoms with Crippen LogP contribution in [-0.4, -0.2) is 12.3 Å². The third-order valence-corrected chi connectivity index (χ3v) is 2.44. The Morgan fingerprint density at radius 3 is 1.94 bits per heavy atom. The first-order chi connectivity index (χ1) is 7.75. The van der Waals surface area contributed by atoms with E-state index in [-0.39, 0.29) is 18.6 Å². The molecule has 0 N–H and O–H groups in total. The lowest BCUT2D eigenvalue weighted by atomic mass is 9.77. The second kappa shape index (κ2) is 3.85. The van der Waals surface area contributed by atoms with Crippen LogP contribution in [0.15, 0.2) is 24.3 Å². The third kappa shape index (κ3) is 3.08. The van der Waals surface area contributed by atoms with Gasteiger partial charge in [-0.15, -0.1) is 13.2 Å². The van der Waals surface area contributed by atoms with Gasteiger partial charge in [0.1, 0.15) is 5.75 Å². The number of rotatable bonds is 2. The van der Waals surface area contributed by atoms with E-state index in [1.165, 1.54) is 12.1 Å². The van der Waals surface area contributed by atoms with Crippen LogP contribution in [0.25, 0.3) is 0 Å². The van der Waals surface area contributed by atoms with Crippen LogP contribution in [0.2, 0.25) is 0 Å². The van der Waals surface area contributed by atoms with Gasteiger partial charge >= 0.3 is 6.36 Å². The molecule has 0 atom stereocenters. The molecule has 1 aromatic rings. The van der Waals surface area contributed by atoms with Crippen LogP contribution >= 0.6 is 0 Å². The Kier molecular flexibility index (Phi) is 2.75. The summed E-state index contributed by atoms with van der Waals surface area (Å²) in [4.78, 5) is 0. The zero-order valence-corrected chi connectivity index (χ0v) is 8.52. The molecule has 0 amide bonds. The van der Waals surface area contributed by atoms with Crippen molar-refractivity contribution in [3.63, 3.8) is 0 Å². The molecule has 0 heterocycles. The lowest BCUT2D eigenvalue weighted by Crippen LogP contribution is -2.34. The van der Waals surface area contributed by atoms with Crippen molar-refractivity contribution in [2.75, 3.05) is 0 Å². The fraction of sp³-hybridized carbons (Fsp3) is 0.364. The van der Waals surface area contributed by atoms with Gasteiger partial charge in [0.05, 0.1) is 0 Å². The number of hydrogen-bond acceptors (Lipinski definition) is 1. The summed E-state index contributed by atoms with van der Waals surface area (Å²) in [6.07, 6.45) is -5.39. The zero-order valence-electron chi connectivity index (χ0n) is 8.52. The van der Waals surface area contributed by atoms with Crippen molar-refractivity contribution in [1.29, 1.82) is 0 Å². The van der Waals surface area contributed by atoms with Gasteiger partial charge in [-0.25, -0.2) is 8.78 Å². The van der Waals surface area contributed by atoms with Crippen LogP contribution in [0.5, 0.6) is 5.75 Å². The second-order valence-electron chi connectivity index (χ2n) is 3.89. The zero-order chi connectivity index (χ0) is 12.7. The van der Waals surface area contributed by atoms with E-state index in [9.17, 15) is 22.0 Å². The number of hydrogen-bond donors (Lipinski definition) is 0. The SMILES string of the molecule is FC1(F)C[C](c2ccc(OC(F)(F)F)cc2)C1. The number of alkyl halides is 5. The lowest BCUT2D eigenvalue weighted by Gasteiger charge is -2.34. The monoisotopic (exact) mass is 251 g/mol. The van der Waals surface area contributed by atoms with Crippen molar-refractivity contribution in [2.45, 2.75) is 25.1 Å². The Bertz CT molecular complexity index is 387. The Labute approximate surface area is 94.2 Å². The summed E-state index contributed by atoms with van der Waals surface area (Å²) in [5, 5.41) is 0. The Hall–Kier alpha value is -1.33. The molecule has 1 aliphatic rings. The normalized spacial score (nSPS) is 19.8. The molecule has 0 saturated heterocycles. The van der Waals surface area contributed by atoms with Gasteiger partial charge in [0, 0.05) is 18.8 Å². The molecule has 1 aliphatic carbocycles. The maximum absolute atomic E-state index is 12.6. The van der Waals surface area contributed by atoms with Crippen LogP contribution < -0.4 is 4.74 Å². The van der Waals surface area contributed by atoms with Crippen molar-refractivity contribution in [3.8, 4) is 5.75 Å². The number of halogens is 5. The van der Waals surface area contributed by atoms with E-state index in [0.717, 1.165) is 12.1 Å². The van der Waals surface area contributed by atoms with E-state index in [0.29, 0.717) is 11.5 Å². The molecule has 17 heavy (non-hydrogen) atoms. The van der Waals surface area contributed by atoms with Crippen LogP contribution in [0.1, 0.15) is 18.4 Å². The van der Waals surface area contributed by atoms with Gasteiger partial charge in [0.25, 0.3) is 0 Å². The summed E-state index contributed by atoms with van der Waals surface area (Å²) in [7, 11) is 0. The molecule has 1 saturated carbocycles. The molecule has 0 spiro atoms. The largest absolute Gasteiger partial charge is 0.573 e. The molecule has 1 radical (unpaired) electrons. The summed E-state index contributed by atoms with van der Waals surface area (Å²) in [6, 6.07) is 4.94. The summed E-state index contributed by atoms with van der Waals surface area (Å²) < 4.78 is 64.4. The van der Waals surface area contributed by atoms with Crippen LogP contribution in [-0.2, 0) is 0 Å². The first-order valence-electron chi connectivity index (χ1n) is 4.84. The van der Waals surface area contributed by atoms with Gasteiger partial charge in [0.15, 0.2) is 0 Å². The lowest BCUT2D eigenvalue weighted by molar-refractivity contribution is -0.274. The molecule has 93 valence electrons. The molecule has 1 nitrogen and oxygen atoms in total. The van der Waals surface area contributed by atoms with E-state index >= 15 is 0 Å². The Balaban J connectivity index is 2.00. The molecular formula is C11H8F5O. The maximum Gasteiger partial charge on any atom is 0.573 e. The average molecular weight is 251 g/mol. The van der Waals surface area contributed by atoms with Crippen molar-refractivity contribution in [3.05, 3.63) is 35.7 Å². The highest BCUT2D eigenvalue weighted by Crippen LogP contribution is 2.47. The van der Waals surface area contributed by atoms with Gasteiger partial charge < -0.3 is 4.74 Å². The smallest absolute Gasteiger partial charge is 0.406 e. The fourth-order valence-electron chi connectivity index (χ4n) is 1.67. The summed E-state index contributed by atoms with van der Waals surface area (Å²) in [5.41, 5.74) is 0.533. The standard InChI is InChI=1S/C11H8F5O/c12-10(13)5-8(6-10)7-1-3-9(4-2-7)17-11(14,15)16/h1-4H,5-6H2. The average Bonchev–Trinajstić information content (AvgIpc) is 2.12. The highest BCUT2D eigenvalue weighted by molar-refractivity contribution is 5.39. The van der Waals surface area contributed by atoms with Crippen LogP contribution in [0, 0.1) is 5.92 Å². The highest BCUT2D eigenvalue weighted by atomic mass is 19.4. The summed E-state index contributed by atoms with van der Waals surface area (Å²) in [5.74, 6) is -2.47. The minimum absolute atomic E-state index is 0.327. The summed E-state index contributed by atoms with van der Waals surface area (Å²) in [6.45, 7) is 0. The first-order valence-corrected chi connectivity index (χ1v) is 4.84. The third-order valence-electron chi connectivity index (χ3n) is 2.44.